The van der Waals surface area contributed by atoms with E-state index in [0.717, 1.165) is 37.6 Å². The number of hydrogen-bond donors (Lipinski definition) is 2. The largest absolute Gasteiger partial charge is 0.377 e. The highest BCUT2D eigenvalue weighted by Gasteiger charge is 2.15. The molecule has 0 aliphatic carbocycles. The maximum absolute atomic E-state index is 5.70. The number of aromatic nitrogens is 2. The molecule has 2 aromatic rings. The van der Waals surface area contributed by atoms with Crippen molar-refractivity contribution < 1.29 is 9.47 Å². The van der Waals surface area contributed by atoms with Gasteiger partial charge in [0, 0.05) is 25.5 Å². The Morgan fingerprint density at radius 3 is 3.03 bits per heavy atom. The molecule has 1 aromatic carbocycles. The van der Waals surface area contributed by atoms with E-state index in [2.05, 4.69) is 46.7 Å². The minimum Gasteiger partial charge on any atom is -0.377 e. The Labute approximate surface area is 190 Å². The minimum atomic E-state index is 0. The highest BCUT2D eigenvalue weighted by Crippen LogP contribution is 2.16. The van der Waals surface area contributed by atoms with Gasteiger partial charge in [-0.05, 0) is 50.5 Å². The van der Waals surface area contributed by atoms with E-state index < -0.39 is 0 Å². The Bertz CT molecular complexity index is 732. The monoisotopic (exact) mass is 513 g/mol. The maximum atomic E-state index is 5.70. The standard InChI is InChI=1S/C21H31N5O2.HI/c1-3-22-21(23-11-14-27-16-20-9-5-13-28-20)25-17(2)18-7-4-8-19(15-18)26-12-6-10-24-26;/h4,6-8,10,12,15,17,20H,3,5,9,11,13-14,16H2,1-2H3,(H2,22,23,25);1H. The second-order valence-corrected chi connectivity index (χ2v) is 6.88. The van der Waals surface area contributed by atoms with Crippen LogP contribution in [0.5, 0.6) is 0 Å². The van der Waals surface area contributed by atoms with Crippen LogP contribution in [0.25, 0.3) is 5.69 Å². The van der Waals surface area contributed by atoms with Crippen molar-refractivity contribution in [2.45, 2.75) is 38.8 Å². The zero-order valence-corrected chi connectivity index (χ0v) is 19.5. The summed E-state index contributed by atoms with van der Waals surface area (Å²) in [5, 5.41) is 11.1. The van der Waals surface area contributed by atoms with Crippen molar-refractivity contribution in [3.63, 3.8) is 0 Å². The molecule has 1 aliphatic rings. The second kappa shape index (κ2) is 12.8. The zero-order valence-electron chi connectivity index (χ0n) is 17.2. The number of benzene rings is 1. The molecule has 2 heterocycles. The van der Waals surface area contributed by atoms with Crippen molar-refractivity contribution in [2.75, 3.05) is 32.9 Å². The lowest BCUT2D eigenvalue weighted by atomic mass is 10.1. The molecule has 29 heavy (non-hydrogen) atoms. The molecule has 2 unspecified atom stereocenters. The number of guanidine groups is 1. The van der Waals surface area contributed by atoms with E-state index in [0.29, 0.717) is 19.8 Å². The van der Waals surface area contributed by atoms with Crippen LogP contribution in [0.2, 0.25) is 0 Å². The van der Waals surface area contributed by atoms with E-state index in [1.165, 1.54) is 5.56 Å². The third-order valence-electron chi connectivity index (χ3n) is 4.67. The molecular weight excluding hydrogens is 481 g/mol. The Morgan fingerprint density at radius 1 is 1.41 bits per heavy atom. The van der Waals surface area contributed by atoms with Crippen LogP contribution in [0, 0.1) is 0 Å². The fourth-order valence-corrected chi connectivity index (χ4v) is 3.18. The van der Waals surface area contributed by atoms with Crippen LogP contribution in [-0.4, -0.2) is 54.8 Å². The Hall–Kier alpha value is -1.65. The number of hydrogen-bond acceptors (Lipinski definition) is 4. The fourth-order valence-electron chi connectivity index (χ4n) is 3.18. The summed E-state index contributed by atoms with van der Waals surface area (Å²) in [5.41, 5.74) is 2.22. The van der Waals surface area contributed by atoms with Gasteiger partial charge in [0.15, 0.2) is 5.96 Å². The van der Waals surface area contributed by atoms with Gasteiger partial charge in [0.05, 0.1) is 37.6 Å². The molecule has 1 fully saturated rings. The van der Waals surface area contributed by atoms with Crippen LogP contribution >= 0.6 is 24.0 Å². The number of rotatable bonds is 9. The average molecular weight is 513 g/mol. The summed E-state index contributed by atoms with van der Waals surface area (Å²) in [6.45, 7) is 7.73. The molecular formula is C21H32IN5O2. The SMILES string of the molecule is CCNC(=NCCOCC1CCCO1)NC(C)c1cccc(-n2cccn2)c1.I. The summed E-state index contributed by atoms with van der Waals surface area (Å²) in [6, 6.07) is 10.4. The lowest BCUT2D eigenvalue weighted by Crippen LogP contribution is -2.39. The van der Waals surface area contributed by atoms with E-state index in [-0.39, 0.29) is 36.1 Å². The van der Waals surface area contributed by atoms with E-state index in [9.17, 15) is 0 Å². The Kier molecular flexibility index (Phi) is 10.4. The molecule has 0 radical (unpaired) electrons. The van der Waals surface area contributed by atoms with E-state index in [1.54, 1.807) is 6.20 Å². The molecule has 0 spiro atoms. The Balaban J connectivity index is 0.00000300. The number of nitrogens with one attached hydrogen (secondary N) is 2. The van der Waals surface area contributed by atoms with Crippen molar-refractivity contribution in [1.82, 2.24) is 20.4 Å². The number of aliphatic imine (C=N–C) groups is 1. The molecule has 1 aliphatic heterocycles. The van der Waals surface area contributed by atoms with Crippen molar-refractivity contribution in [3.8, 4) is 5.69 Å². The van der Waals surface area contributed by atoms with E-state index >= 15 is 0 Å². The van der Waals surface area contributed by atoms with Gasteiger partial charge < -0.3 is 20.1 Å². The fraction of sp³-hybridized carbons (Fsp3) is 0.524. The van der Waals surface area contributed by atoms with Gasteiger partial charge in [-0.2, -0.15) is 5.10 Å². The van der Waals surface area contributed by atoms with Gasteiger partial charge in [0.1, 0.15) is 0 Å². The molecule has 2 atom stereocenters. The molecule has 1 aromatic heterocycles. The van der Waals surface area contributed by atoms with Crippen molar-refractivity contribution >= 4 is 29.9 Å². The molecule has 8 heteroatoms. The van der Waals surface area contributed by atoms with Gasteiger partial charge in [-0.1, -0.05) is 12.1 Å². The van der Waals surface area contributed by atoms with Gasteiger partial charge in [0.25, 0.3) is 0 Å². The molecule has 3 rings (SSSR count). The van der Waals surface area contributed by atoms with Gasteiger partial charge in [-0.25, -0.2) is 4.68 Å². The molecule has 1 saturated heterocycles. The predicted molar refractivity (Wildman–Crippen MR) is 126 cm³/mol. The van der Waals surface area contributed by atoms with Gasteiger partial charge in [-0.15, -0.1) is 24.0 Å². The third-order valence-corrected chi connectivity index (χ3v) is 4.67. The van der Waals surface area contributed by atoms with Crippen LogP contribution in [-0.2, 0) is 9.47 Å². The summed E-state index contributed by atoms with van der Waals surface area (Å²) in [4.78, 5) is 4.63. The molecule has 0 bridgehead atoms. The predicted octanol–water partition coefficient (Wildman–Crippen LogP) is 3.30. The van der Waals surface area contributed by atoms with Gasteiger partial charge in [-0.3, -0.25) is 4.99 Å². The van der Waals surface area contributed by atoms with Gasteiger partial charge in [0.2, 0.25) is 0 Å². The van der Waals surface area contributed by atoms with Crippen molar-refractivity contribution in [3.05, 3.63) is 48.3 Å². The summed E-state index contributed by atoms with van der Waals surface area (Å²) < 4.78 is 13.1. The first kappa shape index (κ1) is 23.6. The topological polar surface area (TPSA) is 72.7 Å². The number of halogens is 1. The first-order valence-corrected chi connectivity index (χ1v) is 10.1. The second-order valence-electron chi connectivity index (χ2n) is 6.88. The van der Waals surface area contributed by atoms with E-state index in [1.807, 2.05) is 29.1 Å². The number of ether oxygens (including phenoxy) is 2. The van der Waals surface area contributed by atoms with E-state index in [4.69, 9.17) is 9.47 Å². The number of nitrogens with zero attached hydrogens (tertiary/aromatic N) is 3. The molecule has 0 saturated carbocycles. The smallest absolute Gasteiger partial charge is 0.191 e. The van der Waals surface area contributed by atoms with Crippen molar-refractivity contribution in [2.24, 2.45) is 4.99 Å². The first-order chi connectivity index (χ1) is 13.8. The molecule has 2 N–H and O–H groups in total. The lowest BCUT2D eigenvalue weighted by Gasteiger charge is -2.19. The normalized spacial score (nSPS) is 17.6. The summed E-state index contributed by atoms with van der Waals surface area (Å²) in [7, 11) is 0. The molecule has 160 valence electrons. The van der Waals surface area contributed by atoms with Crippen LogP contribution in [0.1, 0.15) is 38.3 Å². The summed E-state index contributed by atoms with van der Waals surface area (Å²) in [5.74, 6) is 0.792. The van der Waals surface area contributed by atoms with Crippen LogP contribution in [0.4, 0.5) is 0 Å². The van der Waals surface area contributed by atoms with Gasteiger partial charge >= 0.3 is 0 Å². The maximum Gasteiger partial charge on any atom is 0.191 e. The quantitative estimate of drug-likeness (QED) is 0.233. The van der Waals surface area contributed by atoms with Crippen LogP contribution < -0.4 is 10.6 Å². The Morgan fingerprint density at radius 2 is 2.31 bits per heavy atom. The first-order valence-electron chi connectivity index (χ1n) is 10.1. The summed E-state index contributed by atoms with van der Waals surface area (Å²) >= 11 is 0. The average Bonchev–Trinajstić information content (AvgIpc) is 3.42. The highest BCUT2D eigenvalue weighted by atomic mass is 127. The molecule has 7 nitrogen and oxygen atoms in total. The highest BCUT2D eigenvalue weighted by molar-refractivity contribution is 14.0. The van der Waals surface area contributed by atoms with Crippen LogP contribution in [0.3, 0.4) is 0 Å². The lowest BCUT2D eigenvalue weighted by molar-refractivity contribution is 0.0200. The summed E-state index contributed by atoms with van der Waals surface area (Å²) in [6.07, 6.45) is 6.23. The third kappa shape index (κ3) is 7.60. The molecule has 0 amide bonds. The zero-order chi connectivity index (χ0) is 19.6. The minimum absolute atomic E-state index is 0. The van der Waals surface area contributed by atoms with Crippen molar-refractivity contribution in [1.29, 1.82) is 0 Å². The van der Waals surface area contributed by atoms with Crippen LogP contribution in [0.15, 0.2) is 47.7 Å².